The summed E-state index contributed by atoms with van der Waals surface area (Å²) in [6.45, 7) is 7.81. The average molecular weight is 486 g/mol. The lowest BCUT2D eigenvalue weighted by Crippen LogP contribution is -2.41. The molecule has 10 heteroatoms. The van der Waals surface area contributed by atoms with Gasteiger partial charge in [-0.2, -0.15) is 0 Å². The van der Waals surface area contributed by atoms with Gasteiger partial charge in [-0.15, -0.1) is 0 Å². The van der Waals surface area contributed by atoms with Gasteiger partial charge in [0.25, 0.3) is 5.91 Å². The number of carbonyl (C=O) groups excluding carboxylic acids is 1. The van der Waals surface area contributed by atoms with Crippen molar-refractivity contribution in [1.82, 2.24) is 5.32 Å². The van der Waals surface area contributed by atoms with E-state index in [1.807, 2.05) is 27.7 Å². The molecule has 7 nitrogen and oxygen atoms in total. The summed E-state index contributed by atoms with van der Waals surface area (Å²) < 4.78 is 46.2. The van der Waals surface area contributed by atoms with Crippen LogP contribution in [0.25, 0.3) is 22.3 Å². The van der Waals surface area contributed by atoms with Gasteiger partial charge in [-0.05, 0) is 58.0 Å². The van der Waals surface area contributed by atoms with Gasteiger partial charge in [0, 0.05) is 42.8 Å². The number of nitrogens with zero attached hydrogens (tertiary/aromatic N) is 1. The lowest BCUT2D eigenvalue weighted by Gasteiger charge is -2.32. The van der Waals surface area contributed by atoms with E-state index in [9.17, 15) is 13.4 Å². The van der Waals surface area contributed by atoms with Gasteiger partial charge >= 0.3 is 7.12 Å². The Morgan fingerprint density at radius 3 is 2.21 bits per heavy atom. The van der Waals surface area contributed by atoms with Gasteiger partial charge in [0.1, 0.15) is 28.1 Å². The number of anilines is 1. The van der Waals surface area contributed by atoms with Crippen molar-refractivity contribution >= 4 is 46.1 Å². The molecule has 1 atom stereocenters. The topological polar surface area (TPSA) is 81.0 Å². The van der Waals surface area contributed by atoms with E-state index in [0.29, 0.717) is 39.0 Å². The molecule has 34 heavy (non-hydrogen) atoms. The number of benzene rings is 2. The fourth-order valence-electron chi connectivity index (χ4n) is 3.87. The molecule has 1 aliphatic rings. The summed E-state index contributed by atoms with van der Waals surface area (Å²) in [4.78, 5) is 12.9. The van der Waals surface area contributed by atoms with Crippen LogP contribution in [-0.2, 0) is 20.3 Å². The third-order valence-corrected chi connectivity index (χ3v) is 7.60. The van der Waals surface area contributed by atoms with E-state index in [2.05, 4.69) is 5.32 Å². The molecule has 0 radical (unpaired) electrons. The number of furan rings is 1. The number of hydrogen-bond acceptors (Lipinski definition) is 5. The third-order valence-electron chi connectivity index (χ3n) is 6.63. The van der Waals surface area contributed by atoms with Crippen molar-refractivity contribution in [3.63, 3.8) is 0 Å². The molecule has 1 fully saturated rings. The van der Waals surface area contributed by atoms with E-state index in [1.54, 1.807) is 41.9 Å². The summed E-state index contributed by atoms with van der Waals surface area (Å²) in [7, 11) is 1.15. The summed E-state index contributed by atoms with van der Waals surface area (Å²) in [5.74, 6) is -0.427. The van der Waals surface area contributed by atoms with Gasteiger partial charge in [-0.1, -0.05) is 0 Å². The molecule has 180 valence electrons. The molecule has 1 N–H and O–H groups in total. The second kappa shape index (κ2) is 8.51. The molecular formula is C24H28BFN2O5S. The van der Waals surface area contributed by atoms with Crippen LogP contribution in [0.1, 0.15) is 38.1 Å². The smallest absolute Gasteiger partial charge is 0.455 e. The Kier molecular flexibility index (Phi) is 6.12. The van der Waals surface area contributed by atoms with Crippen LogP contribution in [0.15, 0.2) is 40.8 Å². The monoisotopic (exact) mass is 486 g/mol. The Morgan fingerprint density at radius 1 is 1.09 bits per heavy atom. The Bertz CT molecular complexity index is 1270. The zero-order chi connectivity index (χ0) is 25.0. The van der Waals surface area contributed by atoms with Crippen LogP contribution >= 0.6 is 0 Å². The first-order chi connectivity index (χ1) is 15.9. The van der Waals surface area contributed by atoms with Crippen molar-refractivity contribution in [3.8, 4) is 11.3 Å². The lowest BCUT2D eigenvalue weighted by molar-refractivity contribution is 0.00578. The molecule has 1 unspecified atom stereocenters. The molecule has 0 saturated carbocycles. The van der Waals surface area contributed by atoms with Gasteiger partial charge in [-0.25, -0.2) is 8.60 Å². The normalized spacial score (nSPS) is 17.7. The molecule has 0 aliphatic carbocycles. The van der Waals surface area contributed by atoms with Gasteiger partial charge < -0.3 is 19.0 Å². The molecule has 1 aliphatic heterocycles. The number of halogens is 1. The van der Waals surface area contributed by atoms with Crippen LogP contribution in [-0.4, -0.2) is 48.8 Å². The number of amides is 1. The van der Waals surface area contributed by atoms with E-state index in [-0.39, 0.29) is 5.91 Å². The fraction of sp³-hybridized carbons (Fsp3) is 0.375. The van der Waals surface area contributed by atoms with E-state index in [1.165, 1.54) is 19.2 Å². The highest BCUT2D eigenvalue weighted by molar-refractivity contribution is 7.85. The molecule has 0 bridgehead atoms. The number of hydrogen-bond donors (Lipinski definition) is 1. The summed E-state index contributed by atoms with van der Waals surface area (Å²) >= 11 is 0. The first-order valence-corrected chi connectivity index (χ1v) is 12.4. The maximum atomic E-state index is 13.5. The number of nitrogens with one attached hydrogen (secondary N) is 1. The minimum Gasteiger partial charge on any atom is -0.455 e. The lowest BCUT2D eigenvalue weighted by atomic mass is 9.77. The Balaban J connectivity index is 1.99. The van der Waals surface area contributed by atoms with E-state index in [4.69, 9.17) is 13.7 Å². The fourth-order valence-corrected chi connectivity index (χ4v) is 4.31. The van der Waals surface area contributed by atoms with Gasteiger partial charge in [0.2, 0.25) is 0 Å². The molecule has 3 aromatic rings. The summed E-state index contributed by atoms with van der Waals surface area (Å²) in [5, 5.41) is 3.20. The third kappa shape index (κ3) is 4.04. The second-order valence-corrected chi connectivity index (χ2v) is 10.7. The van der Waals surface area contributed by atoms with Crippen molar-refractivity contribution in [1.29, 1.82) is 0 Å². The second-order valence-electron chi connectivity index (χ2n) is 9.31. The van der Waals surface area contributed by atoms with Crippen molar-refractivity contribution in [2.24, 2.45) is 0 Å². The predicted molar refractivity (Wildman–Crippen MR) is 133 cm³/mol. The molecular weight excluding hydrogens is 458 g/mol. The van der Waals surface area contributed by atoms with Gasteiger partial charge in [-0.3, -0.25) is 9.10 Å². The Hall–Kier alpha value is -2.69. The minimum atomic E-state index is -1.34. The van der Waals surface area contributed by atoms with Crippen molar-refractivity contribution in [3.05, 3.63) is 47.8 Å². The van der Waals surface area contributed by atoms with Crippen LogP contribution in [0.5, 0.6) is 0 Å². The maximum absolute atomic E-state index is 13.5. The highest BCUT2D eigenvalue weighted by atomic mass is 32.2. The zero-order valence-corrected chi connectivity index (χ0v) is 21.1. The van der Waals surface area contributed by atoms with Gasteiger partial charge in [0.05, 0.1) is 22.5 Å². The average Bonchev–Trinajstić information content (AvgIpc) is 3.25. The SMILES string of the molecule is CNC(=O)c1c(-c2ccc(F)cc2)oc2cc(N(C)S(C)=O)c(B3OC(C)(C)C(C)(C)O3)cc12. The molecule has 1 amide bonds. The molecule has 1 aromatic heterocycles. The highest BCUT2D eigenvalue weighted by Gasteiger charge is 2.52. The van der Waals surface area contributed by atoms with Crippen molar-refractivity contribution < 1.29 is 27.1 Å². The van der Waals surface area contributed by atoms with E-state index in [0.717, 1.165) is 0 Å². The number of rotatable bonds is 5. The van der Waals surface area contributed by atoms with Crippen LogP contribution < -0.4 is 15.1 Å². The summed E-state index contributed by atoms with van der Waals surface area (Å²) in [6, 6.07) is 9.26. The number of carbonyl (C=O) groups is 1. The van der Waals surface area contributed by atoms with Crippen LogP contribution in [0.3, 0.4) is 0 Å². The Labute approximate surface area is 201 Å². The number of fused-ring (bicyclic) bond motifs is 1. The minimum absolute atomic E-state index is 0.312. The van der Waals surface area contributed by atoms with E-state index < -0.39 is 35.1 Å². The van der Waals surface area contributed by atoms with Crippen LogP contribution in [0.2, 0.25) is 0 Å². The van der Waals surface area contributed by atoms with Gasteiger partial charge in [0.15, 0.2) is 0 Å². The molecule has 1 saturated heterocycles. The summed E-state index contributed by atoms with van der Waals surface area (Å²) in [6.07, 6.45) is 1.57. The Morgan fingerprint density at radius 2 is 1.68 bits per heavy atom. The highest BCUT2D eigenvalue weighted by Crippen LogP contribution is 2.39. The first-order valence-electron chi connectivity index (χ1n) is 10.9. The molecule has 2 heterocycles. The largest absolute Gasteiger partial charge is 0.497 e. The predicted octanol–water partition coefficient (Wildman–Crippen LogP) is 3.63. The van der Waals surface area contributed by atoms with Crippen LogP contribution in [0.4, 0.5) is 10.1 Å². The standard InChI is InChI=1S/C24H28BFN2O5S/c1-23(2)24(3,4)33-25(32-23)17-12-16-19(13-18(17)28(6)34(7)30)31-21(20(16)22(29)27-5)14-8-10-15(26)11-9-14/h8-13H,1-7H3,(H,27,29). The zero-order valence-electron chi connectivity index (χ0n) is 20.3. The first kappa shape index (κ1) is 24.4. The van der Waals surface area contributed by atoms with Crippen molar-refractivity contribution in [2.45, 2.75) is 38.9 Å². The van der Waals surface area contributed by atoms with Crippen molar-refractivity contribution in [2.75, 3.05) is 24.7 Å². The molecule has 0 spiro atoms. The summed E-state index contributed by atoms with van der Waals surface area (Å²) in [5.41, 5.74) is 1.33. The quantitative estimate of drug-likeness (QED) is 0.558. The molecule has 4 rings (SSSR count). The van der Waals surface area contributed by atoms with E-state index >= 15 is 0 Å². The maximum Gasteiger partial charge on any atom is 0.497 e. The molecule has 2 aromatic carbocycles. The van der Waals surface area contributed by atoms with Crippen LogP contribution in [0, 0.1) is 5.82 Å².